The predicted octanol–water partition coefficient (Wildman–Crippen LogP) is 0.660. The molecule has 0 aromatic carbocycles. The summed E-state index contributed by atoms with van der Waals surface area (Å²) in [6.45, 7) is 2.10. The molecule has 0 aromatic heterocycles. The van der Waals surface area contributed by atoms with Crippen LogP contribution in [0.5, 0.6) is 0 Å². The van der Waals surface area contributed by atoms with Crippen molar-refractivity contribution in [3.05, 3.63) is 0 Å². The molecule has 0 aliphatic carbocycles. The summed E-state index contributed by atoms with van der Waals surface area (Å²) in [5.41, 5.74) is 0. The highest BCUT2D eigenvalue weighted by atomic mass is 16.2. The average Bonchev–Trinajstić information content (AvgIpc) is 2.29. The molecule has 92 valence electrons. The van der Waals surface area contributed by atoms with Gasteiger partial charge in [0.25, 0.3) is 0 Å². The molecule has 1 heterocycles. The first-order chi connectivity index (χ1) is 7.61. The van der Waals surface area contributed by atoms with Crippen molar-refractivity contribution in [2.24, 2.45) is 0 Å². The second-order valence-corrected chi connectivity index (χ2v) is 4.32. The SMILES string of the molecule is CN(C)C(=O)CCNC(=O)N1CCCCC1. The summed E-state index contributed by atoms with van der Waals surface area (Å²) < 4.78 is 0. The molecule has 1 aliphatic rings. The van der Waals surface area contributed by atoms with Gasteiger partial charge in [0.1, 0.15) is 0 Å². The molecule has 0 saturated carbocycles. The Morgan fingerprint density at radius 2 is 1.81 bits per heavy atom. The van der Waals surface area contributed by atoms with Gasteiger partial charge < -0.3 is 15.1 Å². The molecule has 1 saturated heterocycles. The standard InChI is InChI=1S/C11H21N3O2/c1-13(2)10(15)6-7-12-11(16)14-8-4-3-5-9-14/h3-9H2,1-2H3,(H,12,16). The maximum absolute atomic E-state index is 11.6. The molecule has 0 radical (unpaired) electrons. The first-order valence-electron chi connectivity index (χ1n) is 5.84. The minimum Gasteiger partial charge on any atom is -0.349 e. The predicted molar refractivity (Wildman–Crippen MR) is 62.1 cm³/mol. The maximum Gasteiger partial charge on any atom is 0.317 e. The monoisotopic (exact) mass is 227 g/mol. The molecule has 0 spiro atoms. The molecule has 1 aliphatic heterocycles. The van der Waals surface area contributed by atoms with Crippen molar-refractivity contribution in [3.63, 3.8) is 0 Å². The van der Waals surface area contributed by atoms with Crippen molar-refractivity contribution in [3.8, 4) is 0 Å². The van der Waals surface area contributed by atoms with E-state index in [-0.39, 0.29) is 11.9 Å². The number of nitrogens with zero attached hydrogens (tertiary/aromatic N) is 2. The summed E-state index contributed by atoms with van der Waals surface area (Å²) in [6.07, 6.45) is 3.75. The summed E-state index contributed by atoms with van der Waals surface area (Å²) in [4.78, 5) is 26.3. The van der Waals surface area contributed by atoms with Gasteiger partial charge in [-0.25, -0.2) is 4.79 Å². The third-order valence-corrected chi connectivity index (χ3v) is 2.76. The van der Waals surface area contributed by atoms with Crippen LogP contribution in [0.3, 0.4) is 0 Å². The van der Waals surface area contributed by atoms with Gasteiger partial charge in [-0.1, -0.05) is 0 Å². The van der Waals surface area contributed by atoms with Gasteiger partial charge in [-0.15, -0.1) is 0 Å². The van der Waals surface area contributed by atoms with E-state index in [2.05, 4.69) is 5.32 Å². The van der Waals surface area contributed by atoms with Crippen LogP contribution in [0, 0.1) is 0 Å². The number of amides is 3. The number of hydrogen-bond acceptors (Lipinski definition) is 2. The number of urea groups is 1. The minimum atomic E-state index is -0.0359. The van der Waals surface area contributed by atoms with Crippen LogP contribution < -0.4 is 5.32 Å². The van der Waals surface area contributed by atoms with E-state index in [4.69, 9.17) is 0 Å². The molecule has 0 unspecified atom stereocenters. The number of likely N-dealkylation sites (tertiary alicyclic amines) is 1. The molecular formula is C11H21N3O2. The van der Waals surface area contributed by atoms with Gasteiger partial charge in [0.05, 0.1) is 0 Å². The fraction of sp³-hybridized carbons (Fsp3) is 0.818. The highest BCUT2D eigenvalue weighted by Crippen LogP contribution is 2.08. The number of rotatable bonds is 3. The van der Waals surface area contributed by atoms with Crippen molar-refractivity contribution in [1.82, 2.24) is 15.1 Å². The van der Waals surface area contributed by atoms with E-state index in [1.54, 1.807) is 14.1 Å². The van der Waals surface area contributed by atoms with E-state index < -0.39 is 0 Å². The summed E-state index contributed by atoms with van der Waals surface area (Å²) in [7, 11) is 3.43. The molecule has 1 fully saturated rings. The van der Waals surface area contributed by atoms with Gasteiger partial charge >= 0.3 is 6.03 Å². The highest BCUT2D eigenvalue weighted by molar-refractivity contribution is 5.78. The van der Waals surface area contributed by atoms with E-state index in [0.29, 0.717) is 13.0 Å². The van der Waals surface area contributed by atoms with Crippen LogP contribution in [-0.4, -0.2) is 55.5 Å². The number of hydrogen-bond donors (Lipinski definition) is 1. The lowest BCUT2D eigenvalue weighted by atomic mass is 10.1. The van der Waals surface area contributed by atoms with Crippen LogP contribution in [0.25, 0.3) is 0 Å². The summed E-state index contributed by atoms with van der Waals surface area (Å²) in [6, 6.07) is -0.0359. The second-order valence-electron chi connectivity index (χ2n) is 4.32. The minimum absolute atomic E-state index is 0.0359. The Kier molecular flexibility index (Phi) is 5.08. The fourth-order valence-electron chi connectivity index (χ4n) is 1.71. The molecule has 0 atom stereocenters. The van der Waals surface area contributed by atoms with Gasteiger partial charge in [0.2, 0.25) is 5.91 Å². The Bertz CT molecular complexity index is 248. The van der Waals surface area contributed by atoms with Crippen LogP contribution >= 0.6 is 0 Å². The average molecular weight is 227 g/mol. The molecule has 16 heavy (non-hydrogen) atoms. The molecule has 3 amide bonds. The highest BCUT2D eigenvalue weighted by Gasteiger charge is 2.15. The molecule has 5 nitrogen and oxygen atoms in total. The lowest BCUT2D eigenvalue weighted by molar-refractivity contribution is -0.128. The zero-order valence-electron chi connectivity index (χ0n) is 10.2. The molecule has 0 aromatic rings. The normalized spacial score (nSPS) is 15.8. The van der Waals surface area contributed by atoms with Crippen molar-refractivity contribution < 1.29 is 9.59 Å². The van der Waals surface area contributed by atoms with Gasteiger partial charge in [0, 0.05) is 40.2 Å². The first kappa shape index (κ1) is 12.8. The molecule has 5 heteroatoms. The zero-order chi connectivity index (χ0) is 12.0. The third-order valence-electron chi connectivity index (χ3n) is 2.76. The maximum atomic E-state index is 11.6. The topological polar surface area (TPSA) is 52.7 Å². The fourth-order valence-corrected chi connectivity index (χ4v) is 1.71. The number of carbonyl (C=O) groups excluding carboxylic acids is 2. The van der Waals surface area contributed by atoms with Crippen LogP contribution in [0.15, 0.2) is 0 Å². The smallest absolute Gasteiger partial charge is 0.317 e. The molecule has 1 N–H and O–H groups in total. The Morgan fingerprint density at radius 3 is 2.38 bits per heavy atom. The quantitative estimate of drug-likeness (QED) is 0.770. The molecular weight excluding hydrogens is 206 g/mol. The largest absolute Gasteiger partial charge is 0.349 e. The molecule has 1 rings (SSSR count). The summed E-state index contributed by atoms with van der Waals surface area (Å²) in [5, 5.41) is 2.78. The first-order valence-corrected chi connectivity index (χ1v) is 5.84. The van der Waals surface area contributed by atoms with Crippen LogP contribution in [-0.2, 0) is 4.79 Å². The molecule has 0 bridgehead atoms. The van der Waals surface area contributed by atoms with Crippen LogP contribution in [0.2, 0.25) is 0 Å². The van der Waals surface area contributed by atoms with Gasteiger partial charge in [-0.05, 0) is 19.3 Å². The van der Waals surface area contributed by atoms with E-state index in [1.807, 2.05) is 4.90 Å². The second kappa shape index (κ2) is 6.35. The van der Waals surface area contributed by atoms with Crippen molar-refractivity contribution >= 4 is 11.9 Å². The number of nitrogens with one attached hydrogen (secondary N) is 1. The third kappa shape index (κ3) is 4.08. The van der Waals surface area contributed by atoms with E-state index in [0.717, 1.165) is 25.9 Å². The Morgan fingerprint density at radius 1 is 1.19 bits per heavy atom. The van der Waals surface area contributed by atoms with E-state index >= 15 is 0 Å². The van der Waals surface area contributed by atoms with Gasteiger partial charge in [-0.3, -0.25) is 4.79 Å². The van der Waals surface area contributed by atoms with E-state index in [1.165, 1.54) is 11.3 Å². The lowest BCUT2D eigenvalue weighted by Crippen LogP contribution is -2.43. The van der Waals surface area contributed by atoms with Crippen molar-refractivity contribution in [2.45, 2.75) is 25.7 Å². The Labute approximate surface area is 96.8 Å². The number of piperidine rings is 1. The van der Waals surface area contributed by atoms with Gasteiger partial charge in [-0.2, -0.15) is 0 Å². The summed E-state index contributed by atoms with van der Waals surface area (Å²) >= 11 is 0. The van der Waals surface area contributed by atoms with Crippen molar-refractivity contribution in [2.75, 3.05) is 33.7 Å². The Hall–Kier alpha value is -1.26. The summed E-state index contributed by atoms with van der Waals surface area (Å²) in [5.74, 6) is 0.0407. The van der Waals surface area contributed by atoms with E-state index in [9.17, 15) is 9.59 Å². The Balaban J connectivity index is 2.17. The zero-order valence-corrected chi connectivity index (χ0v) is 10.2. The van der Waals surface area contributed by atoms with Crippen LogP contribution in [0.4, 0.5) is 4.79 Å². The van der Waals surface area contributed by atoms with Crippen molar-refractivity contribution in [1.29, 1.82) is 0 Å². The lowest BCUT2D eigenvalue weighted by Gasteiger charge is -2.26. The van der Waals surface area contributed by atoms with Gasteiger partial charge in [0.15, 0.2) is 0 Å². The number of carbonyl (C=O) groups is 2. The van der Waals surface area contributed by atoms with Crippen LogP contribution in [0.1, 0.15) is 25.7 Å².